The van der Waals surface area contributed by atoms with Crippen molar-refractivity contribution in [3.05, 3.63) is 71.3 Å². The van der Waals surface area contributed by atoms with Crippen LogP contribution in [0.25, 0.3) is 0 Å². The van der Waals surface area contributed by atoms with Gasteiger partial charge in [0.2, 0.25) is 0 Å². The summed E-state index contributed by atoms with van der Waals surface area (Å²) in [6.07, 6.45) is -3.87. The quantitative estimate of drug-likeness (QED) is 0.649. The molecule has 0 unspecified atom stereocenters. The van der Waals surface area contributed by atoms with E-state index in [1.165, 1.54) is 5.56 Å². The third kappa shape index (κ3) is 4.08. The van der Waals surface area contributed by atoms with Crippen LogP contribution in [0.15, 0.2) is 54.6 Å². The van der Waals surface area contributed by atoms with Crippen LogP contribution in [0.4, 0.5) is 0 Å². The summed E-state index contributed by atoms with van der Waals surface area (Å²) in [6.45, 7) is -0.421. The SMILES string of the molecule is OC[C@H]1O[C@@H](c2cccc(CCc3ccccc3)c2)[C@H](O)[C@@H](O)[C@@H]1O. The first-order valence-electron chi connectivity index (χ1n) is 8.53. The summed E-state index contributed by atoms with van der Waals surface area (Å²) in [5, 5.41) is 39.4. The van der Waals surface area contributed by atoms with Gasteiger partial charge in [-0.2, -0.15) is 0 Å². The van der Waals surface area contributed by atoms with E-state index in [1.807, 2.05) is 42.5 Å². The van der Waals surface area contributed by atoms with Gasteiger partial charge in [-0.1, -0.05) is 54.6 Å². The number of hydrogen-bond donors (Lipinski definition) is 4. The summed E-state index contributed by atoms with van der Waals surface area (Å²) < 4.78 is 5.62. The molecule has 0 spiro atoms. The van der Waals surface area contributed by atoms with E-state index >= 15 is 0 Å². The molecule has 2 aromatic rings. The minimum atomic E-state index is -1.36. The minimum Gasteiger partial charge on any atom is -0.394 e. The van der Waals surface area contributed by atoms with Crippen molar-refractivity contribution in [2.45, 2.75) is 43.4 Å². The molecule has 1 saturated heterocycles. The summed E-state index contributed by atoms with van der Waals surface area (Å²) >= 11 is 0. The lowest BCUT2D eigenvalue weighted by Gasteiger charge is -2.40. The average molecular weight is 344 g/mol. The number of rotatable bonds is 5. The topological polar surface area (TPSA) is 90.2 Å². The van der Waals surface area contributed by atoms with Crippen LogP contribution >= 0.6 is 0 Å². The van der Waals surface area contributed by atoms with Gasteiger partial charge in [-0.3, -0.25) is 0 Å². The lowest BCUT2D eigenvalue weighted by molar-refractivity contribution is -0.231. The Morgan fingerprint density at radius 1 is 0.760 bits per heavy atom. The average Bonchev–Trinajstić information content (AvgIpc) is 2.66. The van der Waals surface area contributed by atoms with Gasteiger partial charge < -0.3 is 25.2 Å². The van der Waals surface area contributed by atoms with Gasteiger partial charge in [0.1, 0.15) is 30.5 Å². The van der Waals surface area contributed by atoms with E-state index in [1.54, 1.807) is 0 Å². The zero-order valence-electron chi connectivity index (χ0n) is 13.9. The lowest BCUT2D eigenvalue weighted by Crippen LogP contribution is -2.55. The molecule has 2 aromatic carbocycles. The Kier molecular flexibility index (Phi) is 5.83. The minimum absolute atomic E-state index is 0.421. The molecule has 134 valence electrons. The fraction of sp³-hybridized carbons (Fsp3) is 0.400. The largest absolute Gasteiger partial charge is 0.394 e. The van der Waals surface area contributed by atoms with Crippen LogP contribution in [0.3, 0.4) is 0 Å². The smallest absolute Gasteiger partial charge is 0.113 e. The number of aliphatic hydroxyl groups is 4. The second-order valence-electron chi connectivity index (χ2n) is 6.48. The number of hydrogen-bond acceptors (Lipinski definition) is 5. The highest BCUT2D eigenvalue weighted by Crippen LogP contribution is 2.32. The fourth-order valence-corrected chi connectivity index (χ4v) is 3.24. The molecule has 1 heterocycles. The standard InChI is InChI=1S/C20H24O5/c21-12-16-17(22)18(23)19(24)20(25-16)15-8-4-7-14(11-15)10-9-13-5-2-1-3-6-13/h1-8,11,16-24H,9-10,12H2/t16-,17-,18+,19-,20+/m1/s1. The van der Waals surface area contributed by atoms with Crippen LogP contribution in [0, 0.1) is 0 Å². The lowest BCUT2D eigenvalue weighted by atomic mass is 9.90. The molecule has 0 bridgehead atoms. The molecule has 0 amide bonds. The van der Waals surface area contributed by atoms with Gasteiger partial charge >= 0.3 is 0 Å². The molecular weight excluding hydrogens is 320 g/mol. The van der Waals surface area contributed by atoms with E-state index in [4.69, 9.17) is 4.74 Å². The fourth-order valence-electron chi connectivity index (χ4n) is 3.24. The maximum atomic E-state index is 10.3. The number of ether oxygens (including phenoxy) is 1. The number of benzene rings is 2. The van der Waals surface area contributed by atoms with Crippen LogP contribution in [-0.4, -0.2) is 51.4 Å². The molecule has 1 fully saturated rings. The zero-order valence-corrected chi connectivity index (χ0v) is 13.9. The number of aryl methyl sites for hydroxylation is 2. The van der Waals surface area contributed by atoms with E-state index in [9.17, 15) is 20.4 Å². The van der Waals surface area contributed by atoms with Gasteiger partial charge in [0.25, 0.3) is 0 Å². The molecule has 0 saturated carbocycles. The van der Waals surface area contributed by atoms with E-state index in [0.29, 0.717) is 0 Å². The predicted molar refractivity (Wildman–Crippen MR) is 93.0 cm³/mol. The number of aliphatic hydroxyl groups excluding tert-OH is 4. The van der Waals surface area contributed by atoms with Gasteiger partial charge in [0, 0.05) is 0 Å². The molecular formula is C20H24O5. The van der Waals surface area contributed by atoms with Gasteiger partial charge in [0.15, 0.2) is 0 Å². The van der Waals surface area contributed by atoms with Crippen LogP contribution in [0.1, 0.15) is 22.8 Å². The first-order chi connectivity index (χ1) is 12.1. The molecule has 5 heteroatoms. The molecule has 5 nitrogen and oxygen atoms in total. The molecule has 1 aliphatic rings. The van der Waals surface area contributed by atoms with E-state index in [-0.39, 0.29) is 0 Å². The van der Waals surface area contributed by atoms with E-state index < -0.39 is 37.1 Å². The van der Waals surface area contributed by atoms with Crippen molar-refractivity contribution in [2.75, 3.05) is 6.61 Å². The normalized spacial score (nSPS) is 29.5. The van der Waals surface area contributed by atoms with Gasteiger partial charge in [-0.15, -0.1) is 0 Å². The predicted octanol–water partition coefficient (Wildman–Crippen LogP) is 0.987. The zero-order chi connectivity index (χ0) is 17.8. The Morgan fingerprint density at radius 3 is 2.16 bits per heavy atom. The van der Waals surface area contributed by atoms with Crippen molar-refractivity contribution in [1.82, 2.24) is 0 Å². The molecule has 0 aliphatic carbocycles. The van der Waals surface area contributed by atoms with Crippen LogP contribution in [0.2, 0.25) is 0 Å². The van der Waals surface area contributed by atoms with E-state index in [2.05, 4.69) is 12.1 Å². The summed E-state index contributed by atoms with van der Waals surface area (Å²) in [7, 11) is 0. The Balaban J connectivity index is 1.74. The molecule has 1 aliphatic heterocycles. The van der Waals surface area contributed by atoms with Crippen molar-refractivity contribution in [1.29, 1.82) is 0 Å². The maximum Gasteiger partial charge on any atom is 0.113 e. The van der Waals surface area contributed by atoms with Crippen LogP contribution < -0.4 is 0 Å². The molecule has 0 radical (unpaired) electrons. The van der Waals surface area contributed by atoms with Gasteiger partial charge in [-0.25, -0.2) is 0 Å². The van der Waals surface area contributed by atoms with E-state index in [0.717, 1.165) is 24.0 Å². The highest BCUT2D eigenvalue weighted by molar-refractivity contribution is 5.28. The first kappa shape index (κ1) is 18.0. The summed E-state index contributed by atoms with van der Waals surface area (Å²) in [5.41, 5.74) is 3.07. The highest BCUT2D eigenvalue weighted by atomic mass is 16.5. The monoisotopic (exact) mass is 344 g/mol. The molecule has 4 N–H and O–H groups in total. The molecule has 25 heavy (non-hydrogen) atoms. The summed E-state index contributed by atoms with van der Waals surface area (Å²) in [4.78, 5) is 0. The first-order valence-corrected chi connectivity index (χ1v) is 8.53. The van der Waals surface area contributed by atoms with Gasteiger partial charge in [-0.05, 0) is 29.5 Å². The van der Waals surface area contributed by atoms with Crippen molar-refractivity contribution in [3.63, 3.8) is 0 Å². The third-order valence-corrected chi connectivity index (χ3v) is 4.72. The van der Waals surface area contributed by atoms with Crippen molar-refractivity contribution < 1.29 is 25.2 Å². The Hall–Kier alpha value is -1.76. The summed E-state index contributed by atoms with van der Waals surface area (Å²) in [6, 6.07) is 17.8. The van der Waals surface area contributed by atoms with Crippen LogP contribution in [-0.2, 0) is 17.6 Å². The highest BCUT2D eigenvalue weighted by Gasteiger charge is 2.43. The van der Waals surface area contributed by atoms with Crippen molar-refractivity contribution >= 4 is 0 Å². The summed E-state index contributed by atoms with van der Waals surface area (Å²) in [5.74, 6) is 0. The molecule has 3 rings (SSSR count). The second-order valence-corrected chi connectivity index (χ2v) is 6.48. The molecule has 5 atom stereocenters. The Labute approximate surface area is 147 Å². The van der Waals surface area contributed by atoms with Gasteiger partial charge in [0.05, 0.1) is 6.61 Å². The third-order valence-electron chi connectivity index (χ3n) is 4.72. The maximum absolute atomic E-state index is 10.3. The Morgan fingerprint density at radius 2 is 1.44 bits per heavy atom. The van der Waals surface area contributed by atoms with Crippen molar-refractivity contribution in [3.8, 4) is 0 Å². The second kappa shape index (κ2) is 8.08. The molecule has 0 aromatic heterocycles. The Bertz CT molecular complexity index is 673. The van der Waals surface area contributed by atoms with Crippen LogP contribution in [0.5, 0.6) is 0 Å². The van der Waals surface area contributed by atoms with Crippen molar-refractivity contribution in [2.24, 2.45) is 0 Å².